The van der Waals surface area contributed by atoms with Crippen molar-refractivity contribution in [3.8, 4) is 0 Å². The summed E-state index contributed by atoms with van der Waals surface area (Å²) in [5, 5.41) is 7.24. The topological polar surface area (TPSA) is 50.7 Å². The lowest BCUT2D eigenvalue weighted by Gasteiger charge is -2.33. The number of rotatable bonds is 4. The van der Waals surface area contributed by atoms with Gasteiger partial charge in [0.15, 0.2) is 0 Å². The molecule has 0 spiro atoms. The first-order valence-electron chi connectivity index (χ1n) is 5.00. The highest BCUT2D eigenvalue weighted by molar-refractivity contribution is 4.79. The van der Waals surface area contributed by atoms with E-state index in [2.05, 4.69) is 45.0 Å². The van der Waals surface area contributed by atoms with Crippen molar-refractivity contribution in [3.05, 3.63) is 0 Å². The molecule has 0 saturated heterocycles. The molecule has 0 bridgehead atoms. The van der Waals surface area contributed by atoms with Crippen molar-refractivity contribution >= 4 is 0 Å². The molecule has 0 heterocycles. The van der Waals surface area contributed by atoms with Gasteiger partial charge >= 0.3 is 0 Å². The van der Waals surface area contributed by atoms with Crippen LogP contribution in [0.15, 0.2) is 10.3 Å². The number of hydrogen-bond donors (Lipinski definition) is 1. The molecular weight excluding hydrogens is 162 g/mol. The molecule has 0 aromatic carbocycles. The molecule has 3 nitrogen and oxygen atoms in total. The van der Waals surface area contributed by atoms with Crippen molar-refractivity contribution < 1.29 is 0 Å². The van der Waals surface area contributed by atoms with Crippen molar-refractivity contribution in [2.75, 3.05) is 6.54 Å². The Morgan fingerprint density at radius 1 is 1.31 bits per heavy atom. The molecule has 3 heteroatoms. The van der Waals surface area contributed by atoms with E-state index < -0.39 is 0 Å². The van der Waals surface area contributed by atoms with E-state index in [9.17, 15) is 0 Å². The maximum absolute atomic E-state index is 5.02. The Morgan fingerprint density at radius 3 is 2.15 bits per heavy atom. The third-order valence-corrected chi connectivity index (χ3v) is 2.80. The Balaban J connectivity index is 4.36. The zero-order valence-corrected chi connectivity index (χ0v) is 9.54. The standard InChI is InChI=1S/C10H23N3/c1-6-8(2)9(7-12-13-11)10(3,4)5/h8-9H,6-7H2,1-5H3,(H2,11,12). The van der Waals surface area contributed by atoms with E-state index in [0.717, 1.165) is 6.54 Å². The minimum Gasteiger partial charge on any atom is -0.305 e. The first-order chi connectivity index (χ1) is 5.93. The molecule has 0 aliphatic carbocycles. The number of hydrogen-bond acceptors (Lipinski definition) is 2. The summed E-state index contributed by atoms with van der Waals surface area (Å²) in [6.45, 7) is 12.0. The fourth-order valence-corrected chi connectivity index (χ4v) is 1.73. The van der Waals surface area contributed by atoms with Gasteiger partial charge in [0.05, 0.1) is 6.54 Å². The van der Waals surface area contributed by atoms with Gasteiger partial charge < -0.3 is 5.84 Å². The second kappa shape index (κ2) is 5.20. The van der Waals surface area contributed by atoms with Crippen LogP contribution in [0.25, 0.3) is 0 Å². The Hall–Kier alpha value is -0.600. The zero-order valence-electron chi connectivity index (χ0n) is 9.54. The van der Waals surface area contributed by atoms with E-state index in [4.69, 9.17) is 5.84 Å². The lowest BCUT2D eigenvalue weighted by molar-refractivity contribution is 0.170. The van der Waals surface area contributed by atoms with Crippen LogP contribution in [0.2, 0.25) is 0 Å². The Morgan fingerprint density at radius 2 is 1.85 bits per heavy atom. The highest BCUT2D eigenvalue weighted by atomic mass is 15.3. The molecule has 0 saturated carbocycles. The fourth-order valence-electron chi connectivity index (χ4n) is 1.73. The minimum absolute atomic E-state index is 0.281. The average Bonchev–Trinajstić information content (AvgIpc) is 2.02. The summed E-state index contributed by atoms with van der Waals surface area (Å²) in [5.74, 6) is 6.25. The Labute approximate surface area is 81.8 Å². The molecule has 2 N–H and O–H groups in total. The van der Waals surface area contributed by atoms with Crippen molar-refractivity contribution in [1.82, 2.24) is 0 Å². The molecule has 0 amide bonds. The van der Waals surface area contributed by atoms with Gasteiger partial charge in [0, 0.05) is 0 Å². The van der Waals surface area contributed by atoms with Crippen LogP contribution < -0.4 is 5.84 Å². The molecule has 0 rings (SSSR count). The normalized spacial score (nSPS) is 17.6. The van der Waals surface area contributed by atoms with Crippen LogP contribution >= 0.6 is 0 Å². The van der Waals surface area contributed by atoms with Crippen LogP contribution in [-0.4, -0.2) is 6.54 Å². The molecule has 0 radical (unpaired) electrons. The van der Waals surface area contributed by atoms with E-state index >= 15 is 0 Å². The van der Waals surface area contributed by atoms with Crippen molar-refractivity contribution in [1.29, 1.82) is 0 Å². The van der Waals surface area contributed by atoms with Gasteiger partial charge in [-0.3, -0.25) is 0 Å². The average molecular weight is 185 g/mol. The first-order valence-corrected chi connectivity index (χ1v) is 5.00. The summed E-state index contributed by atoms with van der Waals surface area (Å²) in [6.07, 6.45) is 1.18. The molecule has 2 unspecified atom stereocenters. The summed E-state index contributed by atoms with van der Waals surface area (Å²) < 4.78 is 0. The summed E-state index contributed by atoms with van der Waals surface area (Å²) >= 11 is 0. The van der Waals surface area contributed by atoms with Gasteiger partial charge in [-0.1, -0.05) is 46.3 Å². The summed E-state index contributed by atoms with van der Waals surface area (Å²) in [5.41, 5.74) is 0.281. The predicted molar refractivity (Wildman–Crippen MR) is 56.3 cm³/mol. The predicted octanol–water partition coefficient (Wildman–Crippen LogP) is 3.02. The van der Waals surface area contributed by atoms with Crippen LogP contribution in [-0.2, 0) is 0 Å². The van der Waals surface area contributed by atoms with Gasteiger partial charge in [0.25, 0.3) is 0 Å². The molecule has 13 heavy (non-hydrogen) atoms. The molecule has 0 aliphatic rings. The van der Waals surface area contributed by atoms with E-state index in [1.54, 1.807) is 0 Å². The van der Waals surface area contributed by atoms with E-state index in [0.29, 0.717) is 11.8 Å². The number of nitrogens with two attached hydrogens (primary N) is 1. The monoisotopic (exact) mass is 185 g/mol. The van der Waals surface area contributed by atoms with Gasteiger partial charge in [-0.2, -0.15) is 5.11 Å². The first kappa shape index (κ1) is 12.4. The molecule has 0 aliphatic heterocycles. The van der Waals surface area contributed by atoms with Crippen LogP contribution in [0.5, 0.6) is 0 Å². The molecule has 2 atom stereocenters. The van der Waals surface area contributed by atoms with Gasteiger partial charge in [0.1, 0.15) is 0 Å². The third-order valence-electron chi connectivity index (χ3n) is 2.80. The zero-order chi connectivity index (χ0) is 10.5. The van der Waals surface area contributed by atoms with Gasteiger partial charge in [-0.15, -0.1) is 0 Å². The fraction of sp³-hybridized carbons (Fsp3) is 1.00. The van der Waals surface area contributed by atoms with Crippen molar-refractivity contribution in [3.63, 3.8) is 0 Å². The minimum atomic E-state index is 0.281. The second-order valence-corrected chi connectivity index (χ2v) is 4.80. The summed E-state index contributed by atoms with van der Waals surface area (Å²) in [4.78, 5) is 0. The second-order valence-electron chi connectivity index (χ2n) is 4.80. The molecule has 0 aromatic heterocycles. The molecular formula is C10H23N3. The van der Waals surface area contributed by atoms with Gasteiger partial charge in [0.2, 0.25) is 0 Å². The molecule has 78 valence electrons. The SMILES string of the molecule is CCC(C)C(CN=NN)C(C)(C)C. The van der Waals surface area contributed by atoms with Crippen LogP contribution in [0.1, 0.15) is 41.0 Å². The highest BCUT2D eigenvalue weighted by Crippen LogP contribution is 2.33. The van der Waals surface area contributed by atoms with Crippen LogP contribution in [0, 0.1) is 17.3 Å². The molecule has 0 fully saturated rings. The third kappa shape index (κ3) is 4.25. The smallest absolute Gasteiger partial charge is 0.0655 e. The largest absolute Gasteiger partial charge is 0.305 e. The van der Waals surface area contributed by atoms with E-state index in [1.165, 1.54) is 6.42 Å². The number of nitrogens with zero attached hydrogens (tertiary/aromatic N) is 2. The summed E-state index contributed by atoms with van der Waals surface area (Å²) in [7, 11) is 0. The van der Waals surface area contributed by atoms with Gasteiger partial charge in [-0.25, -0.2) is 0 Å². The maximum Gasteiger partial charge on any atom is 0.0655 e. The van der Waals surface area contributed by atoms with Crippen LogP contribution in [0.4, 0.5) is 0 Å². The Kier molecular flexibility index (Phi) is 4.96. The van der Waals surface area contributed by atoms with E-state index in [-0.39, 0.29) is 5.41 Å². The van der Waals surface area contributed by atoms with Crippen molar-refractivity contribution in [2.45, 2.75) is 41.0 Å². The van der Waals surface area contributed by atoms with E-state index in [1.807, 2.05) is 0 Å². The Bertz CT molecular complexity index is 158. The lowest BCUT2D eigenvalue weighted by atomic mass is 9.73. The summed E-state index contributed by atoms with van der Waals surface area (Å²) in [6, 6.07) is 0. The van der Waals surface area contributed by atoms with Crippen molar-refractivity contribution in [2.24, 2.45) is 33.4 Å². The lowest BCUT2D eigenvalue weighted by Crippen LogP contribution is -2.29. The maximum atomic E-state index is 5.02. The van der Waals surface area contributed by atoms with Gasteiger partial charge in [-0.05, 0) is 17.3 Å². The van der Waals surface area contributed by atoms with Crippen LogP contribution in [0.3, 0.4) is 0 Å². The quantitative estimate of drug-likeness (QED) is 0.408. The highest BCUT2D eigenvalue weighted by Gasteiger charge is 2.28. The molecule has 0 aromatic rings.